The van der Waals surface area contributed by atoms with Crippen LogP contribution in [0.25, 0.3) is 11.1 Å². The van der Waals surface area contributed by atoms with Crippen LogP contribution < -0.4 is 15.4 Å². The Morgan fingerprint density at radius 3 is 2.58 bits per heavy atom. The maximum absolute atomic E-state index is 14.9. The van der Waals surface area contributed by atoms with Crippen molar-refractivity contribution in [1.29, 1.82) is 0 Å². The van der Waals surface area contributed by atoms with Crippen LogP contribution in [0.2, 0.25) is 0 Å². The molecular weight excluding hydrogens is 455 g/mol. The van der Waals surface area contributed by atoms with Gasteiger partial charge in [-0.05, 0) is 48.7 Å². The molecule has 3 aromatic rings. The fraction of sp³-hybridized carbons (Fsp3) is 0.310. The minimum atomic E-state index is -0.365. The van der Waals surface area contributed by atoms with Gasteiger partial charge in [0.05, 0.1) is 18.8 Å². The Bertz CT molecular complexity index is 1320. The Balaban J connectivity index is 1.40. The Morgan fingerprint density at radius 1 is 1.14 bits per heavy atom. The van der Waals surface area contributed by atoms with Gasteiger partial charge < -0.3 is 20.3 Å². The Kier molecular flexibility index (Phi) is 6.63. The van der Waals surface area contributed by atoms with Crippen LogP contribution in [0.3, 0.4) is 0 Å². The molecule has 2 aliphatic heterocycles. The maximum atomic E-state index is 14.9. The first kappa shape index (κ1) is 23.9. The summed E-state index contributed by atoms with van der Waals surface area (Å²) in [4.78, 5) is 19.8. The molecule has 186 valence electrons. The standard InChI is InChI=1S/C29H31FN4O2/c1-4-23-24(10-11-25(31-3)27(23)30)29(35)34-13-14-36-26-12-9-21(15-22(26)17-34)19-5-7-20(8-6-19)28-32-16-18(2)33-28/h5-12,15,18,31H,4,13-14,16-17H2,1-3H3,(H,32,33). The molecule has 3 aromatic carbocycles. The lowest BCUT2D eigenvalue weighted by atomic mass is 9.99. The zero-order valence-electron chi connectivity index (χ0n) is 20.9. The quantitative estimate of drug-likeness (QED) is 0.540. The summed E-state index contributed by atoms with van der Waals surface area (Å²) in [6.45, 7) is 6.00. The van der Waals surface area contributed by atoms with Crippen molar-refractivity contribution in [1.82, 2.24) is 10.2 Å². The van der Waals surface area contributed by atoms with Gasteiger partial charge in [-0.2, -0.15) is 0 Å². The highest BCUT2D eigenvalue weighted by molar-refractivity contribution is 6.00. The lowest BCUT2D eigenvalue weighted by Crippen LogP contribution is -2.33. The lowest BCUT2D eigenvalue weighted by Gasteiger charge is -2.22. The number of nitrogens with one attached hydrogen (secondary N) is 2. The molecule has 1 amide bonds. The van der Waals surface area contributed by atoms with Gasteiger partial charge in [-0.15, -0.1) is 0 Å². The summed E-state index contributed by atoms with van der Waals surface area (Å²) >= 11 is 0. The van der Waals surface area contributed by atoms with Crippen LogP contribution in [0.5, 0.6) is 5.75 Å². The zero-order chi connectivity index (χ0) is 25.2. The van der Waals surface area contributed by atoms with Gasteiger partial charge in [0.15, 0.2) is 0 Å². The Labute approximate surface area is 211 Å². The number of amidine groups is 1. The van der Waals surface area contributed by atoms with Crippen molar-refractivity contribution in [3.63, 3.8) is 0 Å². The molecule has 0 aliphatic carbocycles. The number of anilines is 1. The van der Waals surface area contributed by atoms with Gasteiger partial charge in [0.25, 0.3) is 5.91 Å². The number of amides is 1. The highest BCUT2D eigenvalue weighted by Crippen LogP contribution is 2.31. The molecule has 0 bridgehead atoms. The smallest absolute Gasteiger partial charge is 0.254 e. The van der Waals surface area contributed by atoms with Gasteiger partial charge in [0.1, 0.15) is 24.0 Å². The van der Waals surface area contributed by atoms with E-state index in [1.54, 1.807) is 24.1 Å². The van der Waals surface area contributed by atoms with Crippen LogP contribution in [-0.2, 0) is 13.0 Å². The number of halogens is 1. The van der Waals surface area contributed by atoms with Crippen molar-refractivity contribution in [3.05, 3.63) is 82.7 Å². The molecule has 1 unspecified atom stereocenters. The van der Waals surface area contributed by atoms with E-state index in [-0.39, 0.29) is 11.7 Å². The number of hydrogen-bond acceptors (Lipinski definition) is 5. The molecule has 6 nitrogen and oxygen atoms in total. The van der Waals surface area contributed by atoms with Crippen LogP contribution in [0.15, 0.2) is 59.6 Å². The molecule has 0 radical (unpaired) electrons. The minimum Gasteiger partial charge on any atom is -0.491 e. The molecule has 0 fully saturated rings. The topological polar surface area (TPSA) is 66.0 Å². The van der Waals surface area contributed by atoms with Crippen LogP contribution in [0, 0.1) is 5.82 Å². The van der Waals surface area contributed by atoms with E-state index in [9.17, 15) is 9.18 Å². The van der Waals surface area contributed by atoms with Gasteiger partial charge in [-0.3, -0.25) is 9.79 Å². The average Bonchev–Trinajstić information content (AvgIpc) is 3.22. The first-order chi connectivity index (χ1) is 17.5. The molecule has 0 saturated heterocycles. The number of aliphatic imine (C=N–C) groups is 1. The third kappa shape index (κ3) is 4.53. The number of carbonyl (C=O) groups excluding carboxylic acids is 1. The number of ether oxygens (including phenoxy) is 1. The van der Waals surface area contributed by atoms with E-state index in [0.29, 0.717) is 49.0 Å². The van der Waals surface area contributed by atoms with Crippen LogP contribution in [0.4, 0.5) is 10.1 Å². The largest absolute Gasteiger partial charge is 0.491 e. The molecule has 0 aromatic heterocycles. The first-order valence-corrected chi connectivity index (χ1v) is 12.4. The van der Waals surface area contributed by atoms with Gasteiger partial charge in [0.2, 0.25) is 0 Å². The number of rotatable bonds is 5. The number of nitrogens with zero attached hydrogens (tertiary/aromatic N) is 2. The van der Waals surface area contributed by atoms with Gasteiger partial charge in [0, 0.05) is 41.9 Å². The molecule has 5 rings (SSSR count). The Morgan fingerprint density at radius 2 is 1.89 bits per heavy atom. The van der Waals surface area contributed by atoms with E-state index in [1.807, 2.05) is 19.1 Å². The van der Waals surface area contributed by atoms with Gasteiger partial charge in [-0.25, -0.2) is 4.39 Å². The number of carbonyl (C=O) groups is 1. The van der Waals surface area contributed by atoms with E-state index in [4.69, 9.17) is 4.74 Å². The van der Waals surface area contributed by atoms with Crippen LogP contribution in [0.1, 0.15) is 40.9 Å². The molecule has 2 N–H and O–H groups in total. The summed E-state index contributed by atoms with van der Waals surface area (Å²) in [5.74, 6) is 1.16. The van der Waals surface area contributed by atoms with E-state index in [1.165, 1.54) is 0 Å². The third-order valence-electron chi connectivity index (χ3n) is 6.82. The minimum absolute atomic E-state index is 0.182. The van der Waals surface area contributed by atoms with Crippen molar-refractivity contribution in [2.24, 2.45) is 4.99 Å². The summed E-state index contributed by atoms with van der Waals surface area (Å²) in [5, 5.41) is 6.24. The normalized spacial score (nSPS) is 16.9. The van der Waals surface area contributed by atoms with E-state index >= 15 is 0 Å². The highest BCUT2D eigenvalue weighted by Gasteiger charge is 2.25. The lowest BCUT2D eigenvalue weighted by molar-refractivity contribution is 0.0731. The number of hydrogen-bond donors (Lipinski definition) is 2. The third-order valence-corrected chi connectivity index (χ3v) is 6.82. The molecule has 0 saturated carbocycles. The van der Waals surface area contributed by atoms with Gasteiger partial charge >= 0.3 is 0 Å². The predicted octanol–water partition coefficient (Wildman–Crippen LogP) is 4.87. The SMILES string of the molecule is CCc1c(C(=O)N2CCOc3ccc(-c4ccc(C5=NCC(C)N5)cc4)cc3C2)ccc(NC)c1F. The fourth-order valence-electron chi connectivity index (χ4n) is 4.83. The Hall–Kier alpha value is -3.87. The van der Waals surface area contributed by atoms with E-state index in [0.717, 1.165) is 40.4 Å². The monoisotopic (exact) mass is 486 g/mol. The maximum Gasteiger partial charge on any atom is 0.254 e. The number of benzene rings is 3. The molecule has 36 heavy (non-hydrogen) atoms. The highest BCUT2D eigenvalue weighted by atomic mass is 19.1. The van der Waals surface area contributed by atoms with Crippen LogP contribution >= 0.6 is 0 Å². The average molecular weight is 487 g/mol. The second-order valence-electron chi connectivity index (χ2n) is 9.27. The van der Waals surface area contributed by atoms with Crippen molar-refractivity contribution in [2.45, 2.75) is 32.9 Å². The first-order valence-electron chi connectivity index (χ1n) is 12.4. The van der Waals surface area contributed by atoms with E-state index in [2.05, 4.69) is 52.9 Å². The van der Waals surface area contributed by atoms with Crippen molar-refractivity contribution < 1.29 is 13.9 Å². The van der Waals surface area contributed by atoms with Crippen LogP contribution in [-0.4, -0.2) is 49.4 Å². The molecule has 7 heteroatoms. The summed E-state index contributed by atoms with van der Waals surface area (Å²) in [7, 11) is 1.67. The fourth-order valence-corrected chi connectivity index (χ4v) is 4.83. The van der Waals surface area contributed by atoms with E-state index < -0.39 is 0 Å². The molecule has 1 atom stereocenters. The predicted molar refractivity (Wildman–Crippen MR) is 141 cm³/mol. The second-order valence-corrected chi connectivity index (χ2v) is 9.27. The molecular formula is C29H31FN4O2. The molecule has 0 spiro atoms. The van der Waals surface area contributed by atoms with Crippen molar-refractivity contribution >= 4 is 17.4 Å². The van der Waals surface area contributed by atoms with Crippen molar-refractivity contribution in [3.8, 4) is 16.9 Å². The summed E-state index contributed by atoms with van der Waals surface area (Å²) in [6, 6.07) is 18.1. The van der Waals surface area contributed by atoms with Gasteiger partial charge in [-0.1, -0.05) is 37.3 Å². The summed E-state index contributed by atoms with van der Waals surface area (Å²) in [5.41, 5.74) is 5.36. The van der Waals surface area contributed by atoms with Crippen molar-refractivity contribution in [2.75, 3.05) is 32.1 Å². The second kappa shape index (κ2) is 10.0. The zero-order valence-corrected chi connectivity index (χ0v) is 20.9. The molecule has 2 heterocycles. The summed E-state index contributed by atoms with van der Waals surface area (Å²) in [6.07, 6.45) is 0.435. The number of fused-ring (bicyclic) bond motifs is 1. The molecule has 2 aliphatic rings. The summed E-state index contributed by atoms with van der Waals surface area (Å²) < 4.78 is 20.9.